The molecular weight excluding hydrogens is 781 g/mol. The summed E-state index contributed by atoms with van der Waals surface area (Å²) in [7, 11) is 0. The Kier molecular flexibility index (Phi) is 48.6. The highest BCUT2D eigenvalue weighted by molar-refractivity contribution is 5.71. The first-order valence-corrected chi connectivity index (χ1v) is 28.2. The molecule has 0 saturated heterocycles. The van der Waals surface area contributed by atoms with Gasteiger partial charge in [0.2, 0.25) is 0 Å². The molecule has 0 heterocycles. The number of carbonyl (C=O) groups is 3. The lowest BCUT2D eigenvalue weighted by atomic mass is 10.0. The summed E-state index contributed by atoms with van der Waals surface area (Å²) in [5.74, 6) is 0.843. The zero-order chi connectivity index (χ0) is 46.1. The molecule has 0 amide bonds. The Morgan fingerprint density at radius 3 is 0.778 bits per heavy atom. The van der Waals surface area contributed by atoms with Crippen molar-refractivity contribution in [1.82, 2.24) is 0 Å². The molecule has 0 saturated carbocycles. The summed E-state index contributed by atoms with van der Waals surface area (Å²) in [5.41, 5.74) is 0. The van der Waals surface area contributed by atoms with Gasteiger partial charge < -0.3 is 14.2 Å². The minimum absolute atomic E-state index is 0.0628. The molecule has 0 aromatic carbocycles. The second kappa shape index (κ2) is 49.8. The monoisotopic (exact) mass is 891 g/mol. The molecule has 0 aliphatic rings. The number of hydrogen-bond donors (Lipinski definition) is 0. The second-order valence-electron chi connectivity index (χ2n) is 20.5. The van der Waals surface area contributed by atoms with Crippen molar-refractivity contribution in [3.63, 3.8) is 0 Å². The number of esters is 3. The van der Waals surface area contributed by atoms with Gasteiger partial charge in [0.05, 0.1) is 0 Å². The van der Waals surface area contributed by atoms with Crippen LogP contribution in [0.3, 0.4) is 0 Å². The topological polar surface area (TPSA) is 78.9 Å². The first kappa shape index (κ1) is 61.4. The van der Waals surface area contributed by atoms with E-state index < -0.39 is 6.10 Å². The van der Waals surface area contributed by atoms with E-state index in [0.717, 1.165) is 69.6 Å². The molecule has 0 aromatic heterocycles. The quantitative estimate of drug-likeness (QED) is 0.0344. The second-order valence-corrected chi connectivity index (χ2v) is 20.5. The van der Waals surface area contributed by atoms with Gasteiger partial charge in [-0.2, -0.15) is 0 Å². The lowest BCUT2D eigenvalue weighted by Gasteiger charge is -2.18. The van der Waals surface area contributed by atoms with E-state index in [9.17, 15) is 14.4 Å². The average Bonchev–Trinajstić information content (AvgIpc) is 3.25. The minimum Gasteiger partial charge on any atom is -0.462 e. The van der Waals surface area contributed by atoms with Gasteiger partial charge in [-0.1, -0.05) is 279 Å². The highest BCUT2D eigenvalue weighted by Gasteiger charge is 2.19. The van der Waals surface area contributed by atoms with Crippen LogP contribution in [0.1, 0.15) is 317 Å². The van der Waals surface area contributed by atoms with Crippen LogP contribution < -0.4 is 0 Å². The van der Waals surface area contributed by atoms with Crippen molar-refractivity contribution >= 4 is 17.9 Å². The molecule has 0 bridgehead atoms. The van der Waals surface area contributed by atoms with E-state index in [-0.39, 0.29) is 31.1 Å². The van der Waals surface area contributed by atoms with E-state index in [1.54, 1.807) is 0 Å². The van der Waals surface area contributed by atoms with Crippen molar-refractivity contribution in [1.29, 1.82) is 0 Å². The number of hydrogen-bond acceptors (Lipinski definition) is 6. The van der Waals surface area contributed by atoms with Crippen LogP contribution in [0.25, 0.3) is 0 Å². The molecule has 374 valence electrons. The van der Waals surface area contributed by atoms with Gasteiger partial charge in [-0.15, -0.1) is 0 Å². The Morgan fingerprint density at radius 1 is 0.302 bits per heavy atom. The molecule has 0 aliphatic heterocycles. The molecule has 0 aliphatic carbocycles. The summed E-state index contributed by atoms with van der Waals surface area (Å²) in [6, 6.07) is 0. The summed E-state index contributed by atoms with van der Waals surface area (Å²) in [6.45, 7) is 11.4. The zero-order valence-corrected chi connectivity index (χ0v) is 43.2. The lowest BCUT2D eigenvalue weighted by Crippen LogP contribution is -2.30. The van der Waals surface area contributed by atoms with Crippen LogP contribution in [0.5, 0.6) is 0 Å². The van der Waals surface area contributed by atoms with E-state index in [0.29, 0.717) is 19.3 Å². The van der Waals surface area contributed by atoms with Gasteiger partial charge in [-0.25, -0.2) is 0 Å². The van der Waals surface area contributed by atoms with Gasteiger partial charge in [0.15, 0.2) is 6.10 Å². The van der Waals surface area contributed by atoms with Gasteiger partial charge in [0.25, 0.3) is 0 Å². The minimum atomic E-state index is -0.762. The third-order valence-electron chi connectivity index (χ3n) is 13.0. The molecule has 0 rings (SSSR count). The molecule has 0 fully saturated rings. The molecule has 0 aromatic rings. The van der Waals surface area contributed by atoms with Crippen molar-refractivity contribution in [2.45, 2.75) is 323 Å². The van der Waals surface area contributed by atoms with E-state index >= 15 is 0 Å². The molecule has 6 nitrogen and oxygen atoms in total. The normalized spacial score (nSPS) is 12.0. The Hall–Kier alpha value is -1.59. The van der Waals surface area contributed by atoms with E-state index in [1.807, 2.05) is 0 Å². The Labute approximate surface area is 393 Å². The number of unbranched alkanes of at least 4 members (excludes halogenated alkanes) is 36. The number of carbonyl (C=O) groups excluding carboxylic acids is 3. The van der Waals surface area contributed by atoms with Crippen LogP contribution >= 0.6 is 0 Å². The summed E-state index contributed by atoms with van der Waals surface area (Å²) < 4.78 is 16.9. The fourth-order valence-electron chi connectivity index (χ4n) is 8.70. The highest BCUT2D eigenvalue weighted by Crippen LogP contribution is 2.18. The van der Waals surface area contributed by atoms with Gasteiger partial charge in [0.1, 0.15) is 13.2 Å². The predicted octanol–water partition coefficient (Wildman–Crippen LogP) is 18.5. The lowest BCUT2D eigenvalue weighted by molar-refractivity contribution is -0.167. The maximum absolute atomic E-state index is 12.8. The van der Waals surface area contributed by atoms with Gasteiger partial charge in [0, 0.05) is 19.3 Å². The average molecular weight is 892 g/mol. The van der Waals surface area contributed by atoms with Crippen molar-refractivity contribution in [3.8, 4) is 0 Å². The summed E-state index contributed by atoms with van der Waals surface area (Å²) in [4.78, 5) is 38.1. The molecule has 0 spiro atoms. The van der Waals surface area contributed by atoms with Crippen molar-refractivity contribution in [3.05, 3.63) is 0 Å². The number of ether oxygens (including phenoxy) is 3. The van der Waals surface area contributed by atoms with E-state index in [1.165, 1.54) is 205 Å². The van der Waals surface area contributed by atoms with Gasteiger partial charge >= 0.3 is 17.9 Å². The van der Waals surface area contributed by atoms with E-state index in [4.69, 9.17) is 14.2 Å². The highest BCUT2D eigenvalue weighted by atomic mass is 16.6. The third-order valence-corrected chi connectivity index (χ3v) is 13.0. The third kappa shape index (κ3) is 51.3. The largest absolute Gasteiger partial charge is 0.462 e. The molecule has 63 heavy (non-hydrogen) atoms. The van der Waals surface area contributed by atoms with Crippen molar-refractivity contribution in [2.75, 3.05) is 13.2 Å². The van der Waals surface area contributed by atoms with Gasteiger partial charge in [-0.3, -0.25) is 14.4 Å². The van der Waals surface area contributed by atoms with Crippen LogP contribution in [0.15, 0.2) is 0 Å². The van der Waals surface area contributed by atoms with Crippen molar-refractivity contribution < 1.29 is 28.6 Å². The Bertz CT molecular complexity index is 962. The summed E-state index contributed by atoms with van der Waals surface area (Å²) in [6.07, 6.45) is 52.3. The molecule has 0 radical (unpaired) electrons. The molecule has 6 heteroatoms. The SMILES string of the molecule is CCCCCCCCCCCCCCC(=O)OC[C@@H](COC(=O)CCCCCCCCCCCCCCCC(C)C)OC(=O)CCCCCCCCCCCCCCCCC(C)C. The van der Waals surface area contributed by atoms with E-state index in [2.05, 4.69) is 34.6 Å². The van der Waals surface area contributed by atoms with Crippen LogP contribution in [-0.4, -0.2) is 37.2 Å². The number of rotatable bonds is 51. The summed E-state index contributed by atoms with van der Waals surface area (Å²) in [5, 5.41) is 0. The maximum Gasteiger partial charge on any atom is 0.306 e. The first-order chi connectivity index (χ1) is 30.7. The van der Waals surface area contributed by atoms with Crippen molar-refractivity contribution in [2.24, 2.45) is 11.8 Å². The van der Waals surface area contributed by atoms with Crippen LogP contribution in [0.4, 0.5) is 0 Å². The molecule has 0 N–H and O–H groups in total. The molecular formula is C57H110O6. The molecule has 0 unspecified atom stereocenters. The van der Waals surface area contributed by atoms with Crippen LogP contribution in [0.2, 0.25) is 0 Å². The summed E-state index contributed by atoms with van der Waals surface area (Å²) >= 11 is 0. The van der Waals surface area contributed by atoms with Gasteiger partial charge in [-0.05, 0) is 31.1 Å². The standard InChI is InChI=1S/C57H110O6/c1-6-7-8-9-10-11-12-22-27-32-37-42-47-55(58)61-50-54(51-62-56(59)48-43-38-33-28-23-19-15-17-21-26-31-36-41-46-53(4)5)63-57(60)49-44-39-34-29-24-18-14-13-16-20-25-30-35-40-45-52(2)3/h52-54H,6-51H2,1-5H3/t54-/m0/s1. The maximum atomic E-state index is 12.8. The zero-order valence-electron chi connectivity index (χ0n) is 43.2. The smallest absolute Gasteiger partial charge is 0.306 e. The molecule has 1 atom stereocenters. The predicted molar refractivity (Wildman–Crippen MR) is 270 cm³/mol. The first-order valence-electron chi connectivity index (χ1n) is 28.2. The Balaban J connectivity index is 4.29. The van der Waals surface area contributed by atoms with Crippen LogP contribution in [0, 0.1) is 11.8 Å². The van der Waals surface area contributed by atoms with Crippen LogP contribution in [-0.2, 0) is 28.6 Å². The fraction of sp³-hybridized carbons (Fsp3) is 0.947. The Morgan fingerprint density at radius 2 is 0.524 bits per heavy atom. The fourth-order valence-corrected chi connectivity index (χ4v) is 8.70.